The highest BCUT2D eigenvalue weighted by Gasteiger charge is 2.31. The lowest BCUT2D eigenvalue weighted by Crippen LogP contribution is -2.17. The third kappa shape index (κ3) is 6.61. The minimum atomic E-state index is -4.56. The molecule has 2 rings (SSSR count). The van der Waals surface area contributed by atoms with Crippen LogP contribution in [-0.4, -0.2) is 18.4 Å². The summed E-state index contributed by atoms with van der Waals surface area (Å²) in [6.45, 7) is 3.45. The van der Waals surface area contributed by atoms with E-state index in [1.807, 2.05) is 25.1 Å². The molecule has 0 aliphatic rings. The van der Waals surface area contributed by atoms with Crippen LogP contribution in [0.15, 0.2) is 42.5 Å². The van der Waals surface area contributed by atoms with Gasteiger partial charge < -0.3 is 15.4 Å². The van der Waals surface area contributed by atoms with Gasteiger partial charge in [0.05, 0.1) is 23.5 Å². The Morgan fingerprint density at radius 1 is 1.04 bits per heavy atom. The maximum absolute atomic E-state index is 12.9. The topological polar surface area (TPSA) is 67.4 Å². The van der Waals surface area contributed by atoms with E-state index in [1.54, 1.807) is 6.07 Å². The molecule has 8 heteroatoms. The molecule has 150 valence electrons. The minimum absolute atomic E-state index is 0.0571. The van der Waals surface area contributed by atoms with Crippen molar-refractivity contribution in [1.82, 2.24) is 0 Å². The number of aryl methyl sites for hydroxylation is 1. The van der Waals surface area contributed by atoms with E-state index in [0.29, 0.717) is 12.2 Å². The van der Waals surface area contributed by atoms with Crippen LogP contribution in [0.25, 0.3) is 0 Å². The Labute approximate surface area is 160 Å². The van der Waals surface area contributed by atoms with Crippen LogP contribution in [0.1, 0.15) is 30.9 Å². The lowest BCUT2D eigenvalue weighted by Gasteiger charge is -2.15. The van der Waals surface area contributed by atoms with E-state index in [-0.39, 0.29) is 24.4 Å². The van der Waals surface area contributed by atoms with Crippen molar-refractivity contribution in [3.63, 3.8) is 0 Å². The number of halogens is 3. The Hall–Kier alpha value is -3.03. The zero-order valence-corrected chi connectivity index (χ0v) is 15.5. The van der Waals surface area contributed by atoms with Crippen molar-refractivity contribution in [2.75, 3.05) is 17.2 Å². The summed E-state index contributed by atoms with van der Waals surface area (Å²) in [4.78, 5) is 23.4. The second-order valence-electron chi connectivity index (χ2n) is 6.26. The summed E-state index contributed by atoms with van der Waals surface area (Å²) in [5.74, 6) is -0.244. The van der Waals surface area contributed by atoms with Crippen LogP contribution >= 0.6 is 0 Å². The molecule has 0 aliphatic heterocycles. The standard InChI is InChI=1S/C20H21F3N2O3/c1-13-5-3-6-16(11-13)28-10-4-7-19(27)25-18-12-15(20(21,22)23)8-9-17(18)24-14(2)26/h3,5-6,8-9,11-12H,4,7,10H2,1-2H3,(H,24,26)(H,25,27). The van der Waals surface area contributed by atoms with Crippen LogP contribution in [0.5, 0.6) is 5.75 Å². The molecule has 0 fully saturated rings. The van der Waals surface area contributed by atoms with Gasteiger partial charge in [-0.3, -0.25) is 9.59 Å². The van der Waals surface area contributed by atoms with E-state index in [9.17, 15) is 22.8 Å². The molecular weight excluding hydrogens is 373 g/mol. The van der Waals surface area contributed by atoms with E-state index in [2.05, 4.69) is 10.6 Å². The SMILES string of the molecule is CC(=O)Nc1ccc(C(F)(F)F)cc1NC(=O)CCCOc1cccc(C)c1. The highest BCUT2D eigenvalue weighted by atomic mass is 19.4. The van der Waals surface area contributed by atoms with Crippen LogP contribution in [0.3, 0.4) is 0 Å². The summed E-state index contributed by atoms with van der Waals surface area (Å²) >= 11 is 0. The Morgan fingerprint density at radius 3 is 2.43 bits per heavy atom. The number of benzene rings is 2. The fourth-order valence-corrected chi connectivity index (χ4v) is 2.46. The number of hydrogen-bond donors (Lipinski definition) is 2. The number of carbonyl (C=O) groups is 2. The number of anilines is 2. The fourth-order valence-electron chi connectivity index (χ4n) is 2.46. The van der Waals surface area contributed by atoms with Crippen LogP contribution < -0.4 is 15.4 Å². The van der Waals surface area contributed by atoms with Crippen molar-refractivity contribution in [2.24, 2.45) is 0 Å². The maximum Gasteiger partial charge on any atom is 0.416 e. The first-order valence-electron chi connectivity index (χ1n) is 8.63. The monoisotopic (exact) mass is 394 g/mol. The highest BCUT2D eigenvalue weighted by molar-refractivity contribution is 5.99. The summed E-state index contributed by atoms with van der Waals surface area (Å²) in [6.07, 6.45) is -4.12. The quantitative estimate of drug-likeness (QED) is 0.665. The fraction of sp³-hybridized carbons (Fsp3) is 0.300. The summed E-state index contributed by atoms with van der Waals surface area (Å²) in [7, 11) is 0. The van der Waals surface area contributed by atoms with E-state index in [4.69, 9.17) is 4.74 Å². The average molecular weight is 394 g/mol. The molecule has 0 bridgehead atoms. The van der Waals surface area contributed by atoms with Crippen LogP contribution in [-0.2, 0) is 15.8 Å². The summed E-state index contributed by atoms with van der Waals surface area (Å²) in [6, 6.07) is 10.2. The normalized spacial score (nSPS) is 11.0. The Balaban J connectivity index is 1.96. The predicted molar refractivity (Wildman–Crippen MR) is 100 cm³/mol. The maximum atomic E-state index is 12.9. The number of nitrogens with one attached hydrogen (secondary N) is 2. The number of carbonyl (C=O) groups excluding carboxylic acids is 2. The van der Waals surface area contributed by atoms with Crippen molar-refractivity contribution < 1.29 is 27.5 Å². The van der Waals surface area contributed by atoms with Crippen molar-refractivity contribution in [3.8, 4) is 5.75 Å². The second kappa shape index (κ2) is 9.25. The molecule has 0 atom stereocenters. The Kier molecular flexibility index (Phi) is 7.03. The third-order valence-corrected chi connectivity index (χ3v) is 3.74. The molecule has 5 nitrogen and oxygen atoms in total. The van der Waals surface area contributed by atoms with Gasteiger partial charge in [0.2, 0.25) is 11.8 Å². The molecule has 0 radical (unpaired) electrons. The van der Waals surface area contributed by atoms with Gasteiger partial charge in [-0.05, 0) is 49.2 Å². The molecule has 0 heterocycles. The van der Waals surface area contributed by atoms with E-state index >= 15 is 0 Å². The zero-order valence-electron chi connectivity index (χ0n) is 15.5. The van der Waals surface area contributed by atoms with Gasteiger partial charge in [-0.15, -0.1) is 0 Å². The van der Waals surface area contributed by atoms with Crippen molar-refractivity contribution >= 4 is 23.2 Å². The molecule has 0 aliphatic carbocycles. The minimum Gasteiger partial charge on any atom is -0.494 e. The van der Waals surface area contributed by atoms with Gasteiger partial charge in [-0.25, -0.2) is 0 Å². The second-order valence-corrected chi connectivity index (χ2v) is 6.26. The summed E-state index contributed by atoms with van der Waals surface area (Å²) < 4.78 is 44.3. The molecule has 0 saturated carbocycles. The lowest BCUT2D eigenvalue weighted by molar-refractivity contribution is -0.137. The van der Waals surface area contributed by atoms with Gasteiger partial charge in [0.25, 0.3) is 0 Å². The first-order valence-corrected chi connectivity index (χ1v) is 8.63. The first kappa shape index (κ1) is 21.3. The van der Waals surface area contributed by atoms with E-state index < -0.39 is 23.6 Å². The number of amides is 2. The van der Waals surface area contributed by atoms with Gasteiger partial charge >= 0.3 is 6.18 Å². The molecule has 2 amide bonds. The molecule has 0 aromatic heterocycles. The average Bonchev–Trinajstić information content (AvgIpc) is 2.59. The smallest absolute Gasteiger partial charge is 0.416 e. The van der Waals surface area contributed by atoms with E-state index in [0.717, 1.165) is 23.8 Å². The number of hydrogen-bond acceptors (Lipinski definition) is 3. The van der Waals surface area contributed by atoms with Crippen molar-refractivity contribution in [2.45, 2.75) is 32.9 Å². The van der Waals surface area contributed by atoms with Gasteiger partial charge in [0.15, 0.2) is 0 Å². The molecule has 0 unspecified atom stereocenters. The Bertz CT molecular complexity index is 851. The van der Waals surface area contributed by atoms with Gasteiger partial charge in [0, 0.05) is 13.3 Å². The predicted octanol–water partition coefficient (Wildman–Crippen LogP) is 4.77. The zero-order chi connectivity index (χ0) is 20.7. The molecule has 0 spiro atoms. The third-order valence-electron chi connectivity index (χ3n) is 3.74. The van der Waals surface area contributed by atoms with Gasteiger partial charge in [-0.2, -0.15) is 13.2 Å². The molecular formula is C20H21F3N2O3. The molecule has 2 aromatic rings. The first-order chi connectivity index (χ1) is 13.1. The summed E-state index contributed by atoms with van der Waals surface area (Å²) in [5.41, 5.74) is 0.129. The van der Waals surface area contributed by atoms with Gasteiger partial charge in [0.1, 0.15) is 5.75 Å². The molecule has 0 saturated heterocycles. The molecule has 28 heavy (non-hydrogen) atoms. The number of ether oxygens (including phenoxy) is 1. The summed E-state index contributed by atoms with van der Waals surface area (Å²) in [5, 5.41) is 4.83. The van der Waals surface area contributed by atoms with Crippen LogP contribution in [0.2, 0.25) is 0 Å². The molecule has 2 aromatic carbocycles. The van der Waals surface area contributed by atoms with Crippen LogP contribution in [0.4, 0.5) is 24.5 Å². The van der Waals surface area contributed by atoms with E-state index in [1.165, 1.54) is 6.92 Å². The number of alkyl halides is 3. The van der Waals surface area contributed by atoms with Crippen LogP contribution in [0, 0.1) is 6.92 Å². The lowest BCUT2D eigenvalue weighted by atomic mass is 10.1. The Morgan fingerprint density at radius 2 is 1.79 bits per heavy atom. The van der Waals surface area contributed by atoms with Crippen molar-refractivity contribution in [1.29, 1.82) is 0 Å². The van der Waals surface area contributed by atoms with Crippen molar-refractivity contribution in [3.05, 3.63) is 53.6 Å². The highest BCUT2D eigenvalue weighted by Crippen LogP contribution is 2.34. The largest absolute Gasteiger partial charge is 0.494 e. The molecule has 2 N–H and O–H groups in total. The number of rotatable bonds is 7. The van der Waals surface area contributed by atoms with Gasteiger partial charge in [-0.1, -0.05) is 12.1 Å².